The molecule has 1 aromatic carbocycles. The summed E-state index contributed by atoms with van der Waals surface area (Å²) < 4.78 is 7.57. The molecule has 0 radical (unpaired) electrons. The molecule has 3 heterocycles. The van der Waals surface area contributed by atoms with E-state index in [1.54, 1.807) is 15.9 Å². The Balaban J connectivity index is 1.80. The number of hydrogen-bond donors (Lipinski definition) is 2. The van der Waals surface area contributed by atoms with Gasteiger partial charge in [0.15, 0.2) is 11.9 Å². The number of thiazole rings is 1. The van der Waals surface area contributed by atoms with Crippen molar-refractivity contribution in [3.05, 3.63) is 46.1 Å². The first-order chi connectivity index (χ1) is 13.5. The maximum atomic E-state index is 11.0. The van der Waals surface area contributed by atoms with Crippen molar-refractivity contribution in [2.75, 3.05) is 13.1 Å². The molecule has 28 heavy (non-hydrogen) atoms. The monoisotopic (exact) mass is 401 g/mol. The zero-order valence-electron chi connectivity index (χ0n) is 17.0. The number of benzene rings is 1. The second-order valence-electron chi connectivity index (χ2n) is 7.72. The average molecular weight is 402 g/mol. The number of morpholine rings is 1. The van der Waals surface area contributed by atoms with Gasteiger partial charge in [0, 0.05) is 12.0 Å². The van der Waals surface area contributed by atoms with Crippen LogP contribution in [0.3, 0.4) is 0 Å². The normalized spacial score (nSPS) is 23.9. The van der Waals surface area contributed by atoms with E-state index >= 15 is 0 Å². The number of ether oxygens (including phenoxy) is 1. The summed E-state index contributed by atoms with van der Waals surface area (Å²) in [7, 11) is 0. The number of fused-ring (bicyclic) bond motifs is 1. The van der Waals surface area contributed by atoms with E-state index in [9.17, 15) is 5.11 Å². The molecule has 2 N–H and O–H groups in total. The van der Waals surface area contributed by atoms with Crippen molar-refractivity contribution in [2.24, 2.45) is 0 Å². The Kier molecular flexibility index (Phi) is 5.40. The van der Waals surface area contributed by atoms with E-state index in [1.165, 1.54) is 16.0 Å². The number of rotatable bonds is 5. The molecule has 0 bridgehead atoms. The van der Waals surface area contributed by atoms with E-state index in [1.807, 2.05) is 6.92 Å². The lowest BCUT2D eigenvalue weighted by atomic mass is 10.00. The van der Waals surface area contributed by atoms with E-state index in [0.717, 1.165) is 41.6 Å². The molecule has 3 atom stereocenters. The molecule has 6 nitrogen and oxygen atoms in total. The van der Waals surface area contributed by atoms with Gasteiger partial charge < -0.3 is 14.7 Å². The van der Waals surface area contributed by atoms with Gasteiger partial charge in [0.2, 0.25) is 10.8 Å². The average Bonchev–Trinajstić information content (AvgIpc) is 3.21. The highest BCUT2D eigenvalue weighted by Crippen LogP contribution is 2.35. The van der Waals surface area contributed by atoms with Crippen LogP contribution in [-0.4, -0.2) is 45.0 Å². The van der Waals surface area contributed by atoms with E-state index in [0.29, 0.717) is 0 Å². The standard InChI is InChI=1S/C21H28N4O2S/c1-5-15-7-9-16(10-8-15)18(24-11-13(3)27-14(4)12-24)19-20(26)25-21(28-19)22-17(6-2)23-25/h7-10,13-14,18,26H,5-6,11-12H2,1-4H3/p+1/t13-,14-,18+/m1/s1. The molecule has 4 rings (SSSR count). The maximum absolute atomic E-state index is 11.0. The van der Waals surface area contributed by atoms with Crippen LogP contribution in [0.5, 0.6) is 5.88 Å². The van der Waals surface area contributed by atoms with Crippen molar-refractivity contribution in [1.82, 2.24) is 14.6 Å². The molecule has 1 aliphatic heterocycles. The van der Waals surface area contributed by atoms with Crippen molar-refractivity contribution in [3.8, 4) is 5.88 Å². The third kappa shape index (κ3) is 3.54. The van der Waals surface area contributed by atoms with E-state index in [4.69, 9.17) is 4.74 Å². The highest BCUT2D eigenvalue weighted by atomic mass is 32.1. The summed E-state index contributed by atoms with van der Waals surface area (Å²) in [6.45, 7) is 10.2. The number of nitrogens with one attached hydrogen (secondary N) is 1. The second kappa shape index (κ2) is 7.81. The number of aromatic hydroxyl groups is 1. The van der Waals surface area contributed by atoms with Crippen LogP contribution in [0.1, 0.15) is 55.6 Å². The van der Waals surface area contributed by atoms with Crippen LogP contribution in [0, 0.1) is 0 Å². The predicted molar refractivity (Wildman–Crippen MR) is 110 cm³/mol. The largest absolute Gasteiger partial charge is 0.492 e. The Morgan fingerprint density at radius 1 is 1.18 bits per heavy atom. The van der Waals surface area contributed by atoms with Gasteiger partial charge in [-0.1, -0.05) is 49.4 Å². The first-order valence-electron chi connectivity index (χ1n) is 10.2. The predicted octanol–water partition coefficient (Wildman–Crippen LogP) is 2.40. The summed E-state index contributed by atoms with van der Waals surface area (Å²) in [5, 5.41) is 15.5. The van der Waals surface area contributed by atoms with Crippen molar-refractivity contribution >= 4 is 16.3 Å². The summed E-state index contributed by atoms with van der Waals surface area (Å²) in [6, 6.07) is 8.83. The van der Waals surface area contributed by atoms with Crippen molar-refractivity contribution in [2.45, 2.75) is 58.8 Å². The lowest BCUT2D eigenvalue weighted by Gasteiger charge is -2.37. The third-order valence-corrected chi connectivity index (χ3v) is 6.60. The molecule has 1 fully saturated rings. The first kappa shape index (κ1) is 19.4. The summed E-state index contributed by atoms with van der Waals surface area (Å²) in [6.07, 6.45) is 2.15. The molecule has 0 amide bonds. The van der Waals surface area contributed by atoms with Crippen LogP contribution in [0.15, 0.2) is 24.3 Å². The summed E-state index contributed by atoms with van der Waals surface area (Å²) >= 11 is 1.55. The molecule has 2 aromatic heterocycles. The Morgan fingerprint density at radius 2 is 1.86 bits per heavy atom. The molecular weight excluding hydrogens is 372 g/mol. The van der Waals surface area contributed by atoms with E-state index < -0.39 is 0 Å². The molecule has 1 saturated heterocycles. The van der Waals surface area contributed by atoms with Gasteiger partial charge in [0.1, 0.15) is 30.2 Å². The van der Waals surface area contributed by atoms with Gasteiger partial charge >= 0.3 is 0 Å². The van der Waals surface area contributed by atoms with Gasteiger partial charge in [-0.05, 0) is 25.8 Å². The lowest BCUT2D eigenvalue weighted by molar-refractivity contribution is -0.939. The van der Waals surface area contributed by atoms with Crippen molar-refractivity contribution in [1.29, 1.82) is 0 Å². The number of aryl methyl sites for hydroxylation is 2. The van der Waals surface area contributed by atoms with Gasteiger partial charge in [-0.3, -0.25) is 0 Å². The molecule has 1 aliphatic rings. The van der Waals surface area contributed by atoms with E-state index in [2.05, 4.69) is 55.1 Å². The molecule has 0 unspecified atom stereocenters. The minimum absolute atomic E-state index is 0.0401. The van der Waals surface area contributed by atoms with Gasteiger partial charge in [-0.2, -0.15) is 4.52 Å². The quantitative estimate of drug-likeness (QED) is 0.689. The fraction of sp³-hybridized carbons (Fsp3) is 0.524. The van der Waals surface area contributed by atoms with Crippen LogP contribution in [-0.2, 0) is 17.6 Å². The Hall–Kier alpha value is -1.96. The minimum Gasteiger partial charge on any atom is -0.492 e. The van der Waals surface area contributed by atoms with Crippen molar-refractivity contribution < 1.29 is 14.7 Å². The van der Waals surface area contributed by atoms with Crippen LogP contribution in [0.4, 0.5) is 0 Å². The number of quaternary nitrogens is 1. The fourth-order valence-corrected chi connectivity index (χ4v) is 5.36. The zero-order chi connectivity index (χ0) is 19.8. The zero-order valence-corrected chi connectivity index (χ0v) is 17.8. The molecule has 150 valence electrons. The summed E-state index contributed by atoms with van der Waals surface area (Å²) in [5.74, 6) is 0.981. The van der Waals surface area contributed by atoms with Crippen LogP contribution in [0.25, 0.3) is 4.96 Å². The fourth-order valence-electron chi connectivity index (χ4n) is 4.20. The van der Waals surface area contributed by atoms with Gasteiger partial charge in [-0.25, -0.2) is 4.98 Å². The van der Waals surface area contributed by atoms with Crippen LogP contribution < -0.4 is 4.90 Å². The van der Waals surface area contributed by atoms with E-state index in [-0.39, 0.29) is 24.1 Å². The molecular formula is C21H29N4O2S+. The first-order valence-corrected chi connectivity index (χ1v) is 11.0. The Labute approximate surface area is 169 Å². The highest BCUT2D eigenvalue weighted by Gasteiger charge is 2.37. The third-order valence-electron chi connectivity index (χ3n) is 5.52. The molecule has 3 aromatic rings. The maximum Gasteiger partial charge on any atom is 0.235 e. The smallest absolute Gasteiger partial charge is 0.235 e. The summed E-state index contributed by atoms with van der Waals surface area (Å²) in [5.41, 5.74) is 2.53. The van der Waals surface area contributed by atoms with Crippen LogP contribution >= 0.6 is 11.3 Å². The molecule has 7 heteroatoms. The lowest BCUT2D eigenvalue weighted by Crippen LogP contribution is -3.15. The van der Waals surface area contributed by atoms with Crippen LogP contribution in [0.2, 0.25) is 0 Å². The topological polar surface area (TPSA) is 64.1 Å². The minimum atomic E-state index is 0.0401. The highest BCUT2D eigenvalue weighted by molar-refractivity contribution is 7.17. The Bertz CT molecular complexity index is 939. The summed E-state index contributed by atoms with van der Waals surface area (Å²) in [4.78, 5) is 7.66. The van der Waals surface area contributed by atoms with Gasteiger partial charge in [0.05, 0.1) is 0 Å². The SMILES string of the molecule is CCc1ccc([C@@H](c2sc3nc(CC)nn3c2O)[NH+]2C[C@@H](C)O[C@H](C)C2)cc1. The number of nitrogens with zero attached hydrogens (tertiary/aromatic N) is 3. The number of aromatic nitrogens is 3. The molecule has 0 aliphatic carbocycles. The van der Waals surface area contributed by atoms with Crippen molar-refractivity contribution in [3.63, 3.8) is 0 Å². The second-order valence-corrected chi connectivity index (χ2v) is 8.73. The molecule has 0 spiro atoms. The number of hydrogen-bond acceptors (Lipinski definition) is 5. The Morgan fingerprint density at radius 3 is 2.43 bits per heavy atom. The van der Waals surface area contributed by atoms with Gasteiger partial charge in [0.25, 0.3) is 0 Å². The van der Waals surface area contributed by atoms with Gasteiger partial charge in [-0.15, -0.1) is 5.10 Å². The molecule has 0 saturated carbocycles.